The van der Waals surface area contributed by atoms with Crippen LogP contribution < -0.4 is 0 Å². The predicted octanol–water partition coefficient (Wildman–Crippen LogP) is 2.55. The van der Waals surface area contributed by atoms with Crippen LogP contribution in [0.25, 0.3) is 0 Å². The van der Waals surface area contributed by atoms with Gasteiger partial charge in [-0.05, 0) is 19.1 Å². The zero-order valence-electron chi connectivity index (χ0n) is 7.38. The molecule has 0 aliphatic rings. The lowest BCUT2D eigenvalue weighted by Crippen LogP contribution is -2.06. The van der Waals surface area contributed by atoms with Gasteiger partial charge in [-0.1, -0.05) is 23.2 Å². The highest BCUT2D eigenvalue weighted by molar-refractivity contribution is 6.35. The Kier molecular flexibility index (Phi) is 3.61. The first kappa shape index (κ1) is 11.1. The molecule has 0 N–H and O–H groups in total. The van der Waals surface area contributed by atoms with E-state index < -0.39 is 0 Å². The van der Waals surface area contributed by atoms with Gasteiger partial charge in [-0.25, -0.2) is 4.98 Å². The van der Waals surface area contributed by atoms with E-state index in [0.29, 0.717) is 0 Å². The number of hydrogen-bond acceptors (Lipinski definition) is 3. The first-order valence-electron chi connectivity index (χ1n) is 3.85. The van der Waals surface area contributed by atoms with Crippen molar-refractivity contribution in [2.75, 3.05) is 0 Å². The van der Waals surface area contributed by atoms with Crippen LogP contribution in [-0.4, -0.2) is 16.6 Å². The molecule has 3 nitrogen and oxygen atoms in total. The first-order chi connectivity index (χ1) is 6.50. The van der Waals surface area contributed by atoms with Crippen molar-refractivity contribution in [3.8, 4) is 0 Å². The van der Waals surface area contributed by atoms with Crippen molar-refractivity contribution < 1.29 is 9.59 Å². The van der Waals surface area contributed by atoms with Gasteiger partial charge in [0.2, 0.25) is 0 Å². The minimum Gasteiger partial charge on any atom is -0.300 e. The third-order valence-corrected chi connectivity index (χ3v) is 2.02. The van der Waals surface area contributed by atoms with Crippen LogP contribution in [0.4, 0.5) is 0 Å². The van der Waals surface area contributed by atoms with E-state index in [2.05, 4.69) is 4.98 Å². The second-order valence-corrected chi connectivity index (χ2v) is 3.52. The third kappa shape index (κ3) is 2.79. The topological polar surface area (TPSA) is 47.0 Å². The molecule has 0 atom stereocenters. The summed E-state index contributed by atoms with van der Waals surface area (Å²) in [7, 11) is 0. The minimum atomic E-state index is -0.341. The molecule has 0 aromatic carbocycles. The maximum absolute atomic E-state index is 11.4. The molecule has 74 valence electrons. The summed E-state index contributed by atoms with van der Waals surface area (Å²) in [5, 5.41) is 0.248. The molecule has 0 aliphatic carbocycles. The normalized spacial score (nSPS) is 9.93. The van der Waals surface area contributed by atoms with Crippen LogP contribution in [0.15, 0.2) is 12.1 Å². The predicted molar refractivity (Wildman–Crippen MR) is 53.9 cm³/mol. The van der Waals surface area contributed by atoms with E-state index >= 15 is 0 Å². The molecular weight excluding hydrogens is 225 g/mol. The van der Waals surface area contributed by atoms with E-state index in [-0.39, 0.29) is 33.9 Å². The molecule has 0 fully saturated rings. The van der Waals surface area contributed by atoms with E-state index in [0.717, 1.165) is 0 Å². The molecule has 1 rings (SSSR count). The van der Waals surface area contributed by atoms with Gasteiger partial charge in [0.1, 0.15) is 16.1 Å². The molecule has 0 bridgehead atoms. The highest BCUT2D eigenvalue weighted by Gasteiger charge is 2.13. The largest absolute Gasteiger partial charge is 0.300 e. The van der Waals surface area contributed by atoms with E-state index in [1.165, 1.54) is 19.1 Å². The second kappa shape index (κ2) is 4.53. The zero-order chi connectivity index (χ0) is 10.7. The number of nitrogens with zero attached hydrogens (tertiary/aromatic N) is 1. The Morgan fingerprint density at radius 1 is 1.36 bits per heavy atom. The van der Waals surface area contributed by atoms with Gasteiger partial charge >= 0.3 is 0 Å². The fraction of sp³-hybridized carbons (Fsp3) is 0.222. The average Bonchev–Trinajstić information content (AvgIpc) is 2.01. The molecule has 0 saturated heterocycles. The number of halogens is 2. The number of aromatic nitrogens is 1. The molecule has 14 heavy (non-hydrogen) atoms. The SMILES string of the molecule is CC(=O)CC(=O)c1ccc(Cl)nc1Cl. The van der Waals surface area contributed by atoms with Crippen molar-refractivity contribution in [1.29, 1.82) is 0 Å². The van der Waals surface area contributed by atoms with Crippen molar-refractivity contribution in [2.24, 2.45) is 0 Å². The summed E-state index contributed by atoms with van der Waals surface area (Å²) in [6.45, 7) is 1.34. The monoisotopic (exact) mass is 231 g/mol. The number of Topliss-reactive ketones (excluding diaryl/α,β-unsaturated/α-hetero) is 2. The van der Waals surface area contributed by atoms with Crippen LogP contribution >= 0.6 is 23.2 Å². The van der Waals surface area contributed by atoms with Gasteiger partial charge in [0.05, 0.1) is 12.0 Å². The van der Waals surface area contributed by atoms with Crippen molar-refractivity contribution in [2.45, 2.75) is 13.3 Å². The fourth-order valence-corrected chi connectivity index (χ4v) is 1.39. The lowest BCUT2D eigenvalue weighted by Gasteiger charge is -2.00. The maximum Gasteiger partial charge on any atom is 0.173 e. The van der Waals surface area contributed by atoms with Crippen molar-refractivity contribution in [3.63, 3.8) is 0 Å². The molecular formula is C9H7Cl2NO2. The van der Waals surface area contributed by atoms with Gasteiger partial charge in [-0.15, -0.1) is 0 Å². The second-order valence-electron chi connectivity index (χ2n) is 2.77. The van der Waals surface area contributed by atoms with Gasteiger partial charge in [-0.2, -0.15) is 0 Å². The fourth-order valence-electron chi connectivity index (χ4n) is 0.941. The molecule has 0 saturated carbocycles. The smallest absolute Gasteiger partial charge is 0.173 e. The molecule has 1 aromatic rings. The van der Waals surface area contributed by atoms with Crippen LogP contribution in [0, 0.1) is 0 Å². The standard InChI is InChI=1S/C9H7Cl2NO2/c1-5(13)4-7(14)6-2-3-8(10)12-9(6)11/h2-3H,4H2,1H3. The Balaban J connectivity index is 2.96. The van der Waals surface area contributed by atoms with Crippen LogP contribution in [0.1, 0.15) is 23.7 Å². The van der Waals surface area contributed by atoms with Crippen LogP contribution in [0.3, 0.4) is 0 Å². The summed E-state index contributed by atoms with van der Waals surface area (Å²) >= 11 is 11.2. The summed E-state index contributed by atoms with van der Waals surface area (Å²) in [6, 6.07) is 2.92. The Morgan fingerprint density at radius 3 is 2.50 bits per heavy atom. The summed E-state index contributed by atoms with van der Waals surface area (Å²) in [5.74, 6) is -0.548. The lowest BCUT2D eigenvalue weighted by molar-refractivity contribution is -0.116. The quantitative estimate of drug-likeness (QED) is 0.457. The van der Waals surface area contributed by atoms with E-state index in [9.17, 15) is 9.59 Å². The highest BCUT2D eigenvalue weighted by Crippen LogP contribution is 2.18. The Bertz CT molecular complexity index is 390. The van der Waals surface area contributed by atoms with E-state index in [1.54, 1.807) is 0 Å². The van der Waals surface area contributed by atoms with Crippen LogP contribution in [0.5, 0.6) is 0 Å². The highest BCUT2D eigenvalue weighted by atomic mass is 35.5. The van der Waals surface area contributed by atoms with Crippen LogP contribution in [-0.2, 0) is 4.79 Å². The Morgan fingerprint density at radius 2 is 2.00 bits per heavy atom. The molecule has 0 radical (unpaired) electrons. The number of pyridine rings is 1. The van der Waals surface area contributed by atoms with Gasteiger partial charge in [-0.3, -0.25) is 9.59 Å². The van der Waals surface area contributed by atoms with Crippen LogP contribution in [0.2, 0.25) is 10.3 Å². The number of ketones is 2. The summed E-state index contributed by atoms with van der Waals surface area (Å²) in [5.41, 5.74) is 0.228. The molecule has 0 unspecified atom stereocenters. The Labute approximate surface area is 91.0 Å². The van der Waals surface area contributed by atoms with Crippen molar-refractivity contribution in [3.05, 3.63) is 28.0 Å². The molecule has 5 heteroatoms. The maximum atomic E-state index is 11.4. The molecule has 0 amide bonds. The van der Waals surface area contributed by atoms with Crippen molar-refractivity contribution >= 4 is 34.8 Å². The lowest BCUT2D eigenvalue weighted by atomic mass is 10.1. The van der Waals surface area contributed by atoms with Gasteiger partial charge in [0.15, 0.2) is 5.78 Å². The van der Waals surface area contributed by atoms with Gasteiger partial charge < -0.3 is 0 Å². The molecule has 0 spiro atoms. The summed E-state index contributed by atoms with van der Waals surface area (Å²) in [4.78, 5) is 25.8. The first-order valence-corrected chi connectivity index (χ1v) is 4.61. The number of rotatable bonds is 3. The zero-order valence-corrected chi connectivity index (χ0v) is 8.89. The summed E-state index contributed by atoms with van der Waals surface area (Å²) in [6.07, 6.45) is -0.164. The number of carbonyl (C=O) groups excluding carboxylic acids is 2. The number of hydrogen-bond donors (Lipinski definition) is 0. The molecule has 0 aliphatic heterocycles. The van der Waals surface area contributed by atoms with E-state index in [4.69, 9.17) is 23.2 Å². The van der Waals surface area contributed by atoms with E-state index in [1.807, 2.05) is 0 Å². The van der Waals surface area contributed by atoms with Crippen molar-refractivity contribution in [1.82, 2.24) is 4.98 Å². The average molecular weight is 232 g/mol. The Hall–Kier alpha value is -0.930. The number of carbonyl (C=O) groups is 2. The molecule has 1 heterocycles. The minimum absolute atomic E-state index is 0.0313. The van der Waals surface area contributed by atoms with Gasteiger partial charge in [0.25, 0.3) is 0 Å². The molecule has 1 aromatic heterocycles. The third-order valence-electron chi connectivity index (χ3n) is 1.52. The summed E-state index contributed by atoms with van der Waals surface area (Å²) < 4.78 is 0. The van der Waals surface area contributed by atoms with Gasteiger partial charge in [0, 0.05) is 0 Å².